The smallest absolute Gasteiger partial charge is 0.196 e. The summed E-state index contributed by atoms with van der Waals surface area (Å²) < 4.78 is 2.05. The molecule has 0 radical (unpaired) electrons. The minimum Gasteiger partial charge on any atom is -0.308 e. The van der Waals surface area contributed by atoms with E-state index in [0.29, 0.717) is 38.7 Å². The Balaban J connectivity index is 1.81. The Morgan fingerprint density at radius 1 is 0.600 bits per heavy atom. The molecule has 1 aliphatic carbocycles. The number of rotatable bonds is 3. The van der Waals surface area contributed by atoms with Gasteiger partial charge in [-0.05, 0) is 47.9 Å². The van der Waals surface area contributed by atoms with E-state index in [1.165, 1.54) is 0 Å². The number of carbonyl (C=O) groups is 2. The van der Waals surface area contributed by atoms with Crippen molar-refractivity contribution in [3.63, 3.8) is 0 Å². The number of ketones is 2. The lowest BCUT2D eigenvalue weighted by molar-refractivity contribution is 0.0981. The average molecular weight is 474 g/mol. The van der Waals surface area contributed by atoms with E-state index in [2.05, 4.69) is 10.6 Å². The Bertz CT molecular complexity index is 1630. The summed E-state index contributed by atoms with van der Waals surface area (Å²) in [6.45, 7) is 2.03. The first kappa shape index (κ1) is 21.3. The van der Waals surface area contributed by atoms with E-state index >= 15 is 0 Å². The van der Waals surface area contributed by atoms with Crippen molar-refractivity contribution in [1.82, 2.24) is 4.57 Å². The zero-order valence-corrected chi connectivity index (χ0v) is 19.7. The maximum absolute atomic E-state index is 14.0. The molecule has 4 heteroatoms. The number of halogens is 1. The lowest BCUT2D eigenvalue weighted by Gasteiger charge is -2.16. The van der Waals surface area contributed by atoms with Gasteiger partial charge in [-0.3, -0.25) is 9.59 Å². The number of hydrogen-bond acceptors (Lipinski definition) is 2. The van der Waals surface area contributed by atoms with Gasteiger partial charge in [-0.15, -0.1) is 0 Å². The first-order valence-corrected chi connectivity index (χ1v) is 11.8. The molecule has 0 unspecified atom stereocenters. The molecule has 0 N–H and O–H groups in total. The monoisotopic (exact) mass is 473 g/mol. The molecule has 0 fully saturated rings. The zero-order valence-electron chi connectivity index (χ0n) is 19.0. The topological polar surface area (TPSA) is 39.1 Å². The molecular formula is C31H20ClNO2. The van der Waals surface area contributed by atoms with E-state index < -0.39 is 0 Å². The summed E-state index contributed by atoms with van der Waals surface area (Å²) in [6, 6.07) is 32.4. The molecule has 3 nitrogen and oxygen atoms in total. The number of fused-ring (bicyclic) bond motifs is 2. The van der Waals surface area contributed by atoms with Gasteiger partial charge in [0.1, 0.15) is 0 Å². The van der Waals surface area contributed by atoms with E-state index in [0.717, 1.165) is 22.4 Å². The summed E-state index contributed by atoms with van der Waals surface area (Å²) in [5.74, 6) is -0.292. The van der Waals surface area contributed by atoms with Crippen molar-refractivity contribution >= 4 is 23.2 Å². The Morgan fingerprint density at radius 2 is 1.14 bits per heavy atom. The predicted octanol–water partition coefficient (Wildman–Crippen LogP) is 7.55. The Hall–Kier alpha value is -4.21. The standard InChI is InChI=1S/C31H20ClNO2/c1-19-8-7-11-23(18-19)33-28(20-9-3-2-4-10-20)26-27(29(33)21-14-16-22(32)17-15-21)31(35)25-13-6-5-12-24(25)30(26)34/h2-18H,1H3. The minimum absolute atomic E-state index is 0.143. The molecule has 168 valence electrons. The molecule has 1 aromatic heterocycles. The second kappa shape index (κ2) is 8.23. The normalized spacial score (nSPS) is 12.4. The molecule has 1 heterocycles. The fourth-order valence-electron chi connectivity index (χ4n) is 4.94. The van der Waals surface area contributed by atoms with Crippen molar-refractivity contribution in [1.29, 1.82) is 0 Å². The van der Waals surface area contributed by atoms with Gasteiger partial charge < -0.3 is 4.57 Å². The molecule has 1 aliphatic rings. The van der Waals surface area contributed by atoms with Gasteiger partial charge in [0.05, 0.1) is 22.5 Å². The number of aromatic nitrogens is 1. The van der Waals surface area contributed by atoms with Crippen LogP contribution in [0.5, 0.6) is 0 Å². The highest BCUT2D eigenvalue weighted by Gasteiger charge is 2.39. The predicted molar refractivity (Wildman–Crippen MR) is 140 cm³/mol. The summed E-state index contributed by atoms with van der Waals surface area (Å²) in [5, 5.41) is 0.604. The van der Waals surface area contributed by atoms with Crippen molar-refractivity contribution in [3.8, 4) is 28.2 Å². The van der Waals surface area contributed by atoms with Gasteiger partial charge in [0.15, 0.2) is 11.6 Å². The van der Waals surface area contributed by atoms with E-state index in [9.17, 15) is 9.59 Å². The highest BCUT2D eigenvalue weighted by molar-refractivity contribution is 6.33. The van der Waals surface area contributed by atoms with Crippen molar-refractivity contribution in [2.24, 2.45) is 0 Å². The maximum atomic E-state index is 14.0. The van der Waals surface area contributed by atoms with Crippen LogP contribution in [-0.2, 0) is 0 Å². The molecule has 0 saturated heterocycles. The van der Waals surface area contributed by atoms with E-state index in [1.54, 1.807) is 24.3 Å². The minimum atomic E-state index is -0.149. The van der Waals surface area contributed by atoms with Crippen LogP contribution in [0.25, 0.3) is 28.2 Å². The molecule has 0 aliphatic heterocycles. The quantitative estimate of drug-likeness (QED) is 0.266. The first-order valence-electron chi connectivity index (χ1n) is 11.4. The number of nitrogens with zero attached hydrogens (tertiary/aromatic N) is 1. The summed E-state index contributed by atoms with van der Waals surface area (Å²) in [7, 11) is 0. The van der Waals surface area contributed by atoms with Gasteiger partial charge in [0.25, 0.3) is 0 Å². The SMILES string of the molecule is Cc1cccc(-n2c(-c3ccccc3)c3c(c2-c2ccc(Cl)cc2)C(=O)c2ccccc2C3=O)c1. The molecule has 0 amide bonds. The molecule has 4 aromatic carbocycles. The van der Waals surface area contributed by atoms with Crippen molar-refractivity contribution < 1.29 is 9.59 Å². The lowest BCUT2D eigenvalue weighted by atomic mass is 9.83. The highest BCUT2D eigenvalue weighted by atomic mass is 35.5. The van der Waals surface area contributed by atoms with E-state index in [-0.39, 0.29) is 11.6 Å². The number of hydrogen-bond donors (Lipinski definition) is 0. The Kier molecular flexibility index (Phi) is 5.01. The highest BCUT2D eigenvalue weighted by Crippen LogP contribution is 2.44. The maximum Gasteiger partial charge on any atom is 0.196 e. The van der Waals surface area contributed by atoms with Gasteiger partial charge in [0, 0.05) is 21.8 Å². The number of aryl methyl sites for hydroxylation is 1. The second-order valence-corrected chi connectivity index (χ2v) is 9.13. The van der Waals surface area contributed by atoms with Crippen LogP contribution in [0.3, 0.4) is 0 Å². The van der Waals surface area contributed by atoms with Crippen LogP contribution in [0, 0.1) is 6.92 Å². The van der Waals surface area contributed by atoms with Crippen LogP contribution in [-0.4, -0.2) is 16.1 Å². The molecule has 6 rings (SSSR count). The number of carbonyl (C=O) groups excluding carboxylic acids is 2. The molecule has 0 spiro atoms. The van der Waals surface area contributed by atoms with Crippen LogP contribution in [0.1, 0.15) is 37.4 Å². The zero-order chi connectivity index (χ0) is 24.1. The van der Waals surface area contributed by atoms with E-state index in [4.69, 9.17) is 11.6 Å². The summed E-state index contributed by atoms with van der Waals surface area (Å²) in [4.78, 5) is 28.0. The molecule has 35 heavy (non-hydrogen) atoms. The third kappa shape index (κ3) is 3.36. The van der Waals surface area contributed by atoms with Gasteiger partial charge in [0.2, 0.25) is 0 Å². The third-order valence-corrected chi connectivity index (χ3v) is 6.72. The fraction of sp³-hybridized carbons (Fsp3) is 0.0323. The van der Waals surface area contributed by atoms with Crippen molar-refractivity contribution in [2.75, 3.05) is 0 Å². The van der Waals surface area contributed by atoms with Crippen molar-refractivity contribution in [2.45, 2.75) is 6.92 Å². The molecular weight excluding hydrogens is 454 g/mol. The van der Waals surface area contributed by atoms with Crippen LogP contribution < -0.4 is 0 Å². The van der Waals surface area contributed by atoms with Crippen LogP contribution in [0.2, 0.25) is 5.02 Å². The van der Waals surface area contributed by atoms with Gasteiger partial charge in [-0.1, -0.05) is 90.5 Å². The summed E-state index contributed by atoms with van der Waals surface area (Å²) >= 11 is 6.21. The largest absolute Gasteiger partial charge is 0.308 e. The second-order valence-electron chi connectivity index (χ2n) is 8.70. The van der Waals surface area contributed by atoms with Crippen LogP contribution in [0.15, 0.2) is 103 Å². The van der Waals surface area contributed by atoms with E-state index in [1.807, 2.05) is 79.7 Å². The van der Waals surface area contributed by atoms with Crippen LogP contribution in [0.4, 0.5) is 0 Å². The number of benzene rings is 4. The molecule has 0 bridgehead atoms. The van der Waals surface area contributed by atoms with Gasteiger partial charge in [-0.2, -0.15) is 0 Å². The van der Waals surface area contributed by atoms with Crippen molar-refractivity contribution in [3.05, 3.63) is 136 Å². The first-order chi connectivity index (χ1) is 17.0. The molecule has 0 atom stereocenters. The van der Waals surface area contributed by atoms with Gasteiger partial charge >= 0.3 is 0 Å². The summed E-state index contributed by atoms with van der Waals surface area (Å²) in [5.41, 5.74) is 6.78. The fourth-order valence-corrected chi connectivity index (χ4v) is 5.06. The lowest BCUT2D eigenvalue weighted by Crippen LogP contribution is -2.20. The summed E-state index contributed by atoms with van der Waals surface area (Å²) in [6.07, 6.45) is 0. The average Bonchev–Trinajstić information content (AvgIpc) is 3.25. The third-order valence-electron chi connectivity index (χ3n) is 6.47. The molecule has 0 saturated carbocycles. The van der Waals surface area contributed by atoms with Gasteiger partial charge in [-0.25, -0.2) is 0 Å². The Morgan fingerprint density at radius 3 is 1.71 bits per heavy atom. The Labute approximate surface area is 208 Å². The molecule has 5 aromatic rings. The van der Waals surface area contributed by atoms with Crippen LogP contribution >= 0.6 is 11.6 Å².